The molecule has 0 heterocycles. The highest BCUT2D eigenvalue weighted by Gasteiger charge is 2.09. The van der Waals surface area contributed by atoms with Gasteiger partial charge in [-0.2, -0.15) is 0 Å². The molecule has 0 saturated carbocycles. The van der Waals surface area contributed by atoms with Crippen molar-refractivity contribution in [3.63, 3.8) is 0 Å². The van der Waals surface area contributed by atoms with Gasteiger partial charge in [0.15, 0.2) is 0 Å². The number of amides is 2. The first-order valence-electron chi connectivity index (χ1n) is 13.7. The van der Waals surface area contributed by atoms with Crippen LogP contribution in [0, 0.1) is 0 Å². The highest BCUT2D eigenvalue weighted by atomic mass is 16.3. The predicted molar refractivity (Wildman–Crippen MR) is 162 cm³/mol. The lowest BCUT2D eigenvalue weighted by molar-refractivity contribution is -0.117. The Hall–Kier alpha value is -4.38. The van der Waals surface area contributed by atoms with Gasteiger partial charge in [-0.1, -0.05) is 106 Å². The van der Waals surface area contributed by atoms with E-state index in [0.717, 1.165) is 53.6 Å². The first-order valence-corrected chi connectivity index (χ1v) is 13.7. The number of aromatic hydroxyl groups is 1. The second-order valence-corrected chi connectivity index (χ2v) is 9.06. The van der Waals surface area contributed by atoms with Gasteiger partial charge in [0.05, 0.1) is 5.69 Å². The van der Waals surface area contributed by atoms with Gasteiger partial charge in [0.1, 0.15) is 5.75 Å². The average Bonchev–Trinajstić information content (AvgIpc) is 2.98. The van der Waals surface area contributed by atoms with E-state index in [1.807, 2.05) is 105 Å². The van der Waals surface area contributed by atoms with Crippen molar-refractivity contribution in [2.45, 2.75) is 52.4 Å². The topological polar surface area (TPSA) is 78.4 Å². The SMILES string of the molecule is CC.O=C(CCCCCCC(=O)Nc1cc(-c2ccccc2)ccc1O)Nc1cccc(-c2ccccc2)c1. The molecule has 5 heteroatoms. The highest BCUT2D eigenvalue weighted by Crippen LogP contribution is 2.30. The molecule has 0 radical (unpaired) electrons. The number of carbonyl (C=O) groups is 2. The van der Waals surface area contributed by atoms with Crippen molar-refractivity contribution in [1.29, 1.82) is 0 Å². The Morgan fingerprint density at radius 2 is 1.08 bits per heavy atom. The Morgan fingerprint density at radius 1 is 0.564 bits per heavy atom. The average molecular weight is 523 g/mol. The van der Waals surface area contributed by atoms with Gasteiger partial charge < -0.3 is 15.7 Å². The quantitative estimate of drug-likeness (QED) is 0.136. The summed E-state index contributed by atoms with van der Waals surface area (Å²) in [6, 6.07) is 33.0. The van der Waals surface area contributed by atoms with E-state index in [2.05, 4.69) is 10.6 Å². The third-order valence-electron chi connectivity index (χ3n) is 6.19. The molecule has 0 aromatic heterocycles. The fourth-order valence-corrected chi connectivity index (χ4v) is 4.21. The fraction of sp³-hybridized carbons (Fsp3) is 0.235. The second kappa shape index (κ2) is 15.8. The number of carbonyl (C=O) groups excluding carboxylic acids is 2. The lowest BCUT2D eigenvalue weighted by atomic mass is 10.0. The molecule has 0 aliphatic carbocycles. The fourth-order valence-electron chi connectivity index (χ4n) is 4.21. The van der Waals surface area contributed by atoms with Crippen molar-refractivity contribution >= 4 is 23.2 Å². The van der Waals surface area contributed by atoms with E-state index < -0.39 is 0 Å². The third-order valence-corrected chi connectivity index (χ3v) is 6.19. The molecule has 0 aliphatic rings. The van der Waals surface area contributed by atoms with Gasteiger partial charge in [-0.15, -0.1) is 0 Å². The molecule has 0 aliphatic heterocycles. The summed E-state index contributed by atoms with van der Waals surface area (Å²) in [5.74, 6) is -0.0818. The minimum Gasteiger partial charge on any atom is -0.506 e. The number of phenols is 1. The molecule has 0 spiro atoms. The van der Waals surface area contributed by atoms with Crippen LogP contribution in [0.25, 0.3) is 22.3 Å². The second-order valence-electron chi connectivity index (χ2n) is 9.06. The summed E-state index contributed by atoms with van der Waals surface area (Å²) < 4.78 is 0. The maximum atomic E-state index is 12.4. The van der Waals surface area contributed by atoms with E-state index in [1.54, 1.807) is 12.1 Å². The number of phenolic OH excluding ortho intramolecular Hbond substituents is 1. The Balaban J connectivity index is 0.00000205. The van der Waals surface area contributed by atoms with E-state index in [1.165, 1.54) is 0 Å². The van der Waals surface area contributed by atoms with Crippen LogP contribution in [0.2, 0.25) is 0 Å². The van der Waals surface area contributed by atoms with Crippen LogP contribution in [0.1, 0.15) is 52.4 Å². The molecular weight excluding hydrogens is 484 g/mol. The summed E-state index contributed by atoms with van der Waals surface area (Å²) in [4.78, 5) is 24.8. The Morgan fingerprint density at radius 3 is 1.67 bits per heavy atom. The zero-order valence-corrected chi connectivity index (χ0v) is 22.8. The summed E-state index contributed by atoms with van der Waals surface area (Å²) in [5.41, 5.74) is 5.34. The Bertz CT molecular complexity index is 1320. The zero-order chi connectivity index (χ0) is 27.9. The van der Waals surface area contributed by atoms with Crippen LogP contribution in [0.3, 0.4) is 0 Å². The standard InChI is InChI=1S/C32H32N2O3.C2H6/c35-30-21-20-27(25-14-7-4-8-15-25)23-29(30)34-32(37)19-10-2-1-9-18-31(36)33-28-17-11-16-26(22-28)24-12-5-3-6-13-24;1-2/h3-8,11-17,20-23,35H,1-2,9-10,18-19H2,(H,33,36)(H,34,37);1-2H3. The van der Waals surface area contributed by atoms with E-state index in [9.17, 15) is 14.7 Å². The van der Waals surface area contributed by atoms with Gasteiger partial charge >= 0.3 is 0 Å². The smallest absolute Gasteiger partial charge is 0.224 e. The summed E-state index contributed by atoms with van der Waals surface area (Å²) in [6.07, 6.45) is 4.05. The summed E-state index contributed by atoms with van der Waals surface area (Å²) in [6.45, 7) is 4.00. The summed E-state index contributed by atoms with van der Waals surface area (Å²) >= 11 is 0. The molecule has 0 bridgehead atoms. The third kappa shape index (κ3) is 9.46. The van der Waals surface area contributed by atoms with Crippen LogP contribution in [-0.2, 0) is 9.59 Å². The number of hydrogen-bond donors (Lipinski definition) is 3. The molecule has 202 valence electrons. The van der Waals surface area contributed by atoms with Crippen molar-refractivity contribution in [3.05, 3.63) is 103 Å². The monoisotopic (exact) mass is 522 g/mol. The largest absolute Gasteiger partial charge is 0.506 e. The first-order chi connectivity index (χ1) is 19.1. The maximum absolute atomic E-state index is 12.4. The minimum atomic E-state index is -0.128. The van der Waals surface area contributed by atoms with E-state index in [4.69, 9.17) is 0 Å². The number of anilines is 2. The van der Waals surface area contributed by atoms with Gasteiger partial charge in [-0.05, 0) is 59.4 Å². The number of nitrogens with one attached hydrogen (secondary N) is 2. The molecule has 0 fully saturated rings. The van der Waals surface area contributed by atoms with Gasteiger partial charge in [-0.3, -0.25) is 9.59 Å². The van der Waals surface area contributed by atoms with Crippen molar-refractivity contribution in [2.24, 2.45) is 0 Å². The molecule has 3 N–H and O–H groups in total. The van der Waals surface area contributed by atoms with Gasteiger partial charge in [-0.25, -0.2) is 0 Å². The molecule has 4 rings (SSSR count). The number of hydrogen-bond acceptors (Lipinski definition) is 3. The van der Waals surface area contributed by atoms with Crippen LogP contribution in [-0.4, -0.2) is 16.9 Å². The van der Waals surface area contributed by atoms with Crippen molar-refractivity contribution in [3.8, 4) is 28.0 Å². The maximum Gasteiger partial charge on any atom is 0.224 e. The summed E-state index contributed by atoms with van der Waals surface area (Å²) in [5, 5.41) is 16.0. The highest BCUT2D eigenvalue weighted by molar-refractivity contribution is 5.93. The van der Waals surface area contributed by atoms with Gasteiger partial charge in [0.25, 0.3) is 0 Å². The van der Waals surface area contributed by atoms with Gasteiger partial charge in [0.2, 0.25) is 11.8 Å². The van der Waals surface area contributed by atoms with Crippen LogP contribution in [0.15, 0.2) is 103 Å². The molecule has 39 heavy (non-hydrogen) atoms. The molecule has 2 amide bonds. The number of benzene rings is 4. The molecule has 4 aromatic carbocycles. The Labute approximate surface area is 231 Å². The molecule has 0 saturated heterocycles. The van der Waals surface area contributed by atoms with E-state index in [-0.39, 0.29) is 17.6 Å². The van der Waals surface area contributed by atoms with Crippen LogP contribution >= 0.6 is 0 Å². The number of rotatable bonds is 11. The first kappa shape index (κ1) is 29.2. The molecule has 4 aromatic rings. The van der Waals surface area contributed by atoms with Gasteiger partial charge in [0, 0.05) is 18.5 Å². The van der Waals surface area contributed by atoms with Crippen molar-refractivity contribution in [1.82, 2.24) is 0 Å². The Kier molecular flexibility index (Phi) is 11.8. The molecule has 5 nitrogen and oxygen atoms in total. The molecule has 0 unspecified atom stereocenters. The number of unbranched alkanes of at least 4 members (excludes halogenated alkanes) is 3. The molecule has 0 atom stereocenters. The summed E-state index contributed by atoms with van der Waals surface area (Å²) in [7, 11) is 0. The lowest BCUT2D eigenvalue weighted by Crippen LogP contribution is -2.12. The van der Waals surface area contributed by atoms with Crippen LogP contribution in [0.5, 0.6) is 5.75 Å². The van der Waals surface area contributed by atoms with E-state index >= 15 is 0 Å². The van der Waals surface area contributed by atoms with Crippen molar-refractivity contribution in [2.75, 3.05) is 10.6 Å². The minimum absolute atomic E-state index is 0.00303. The van der Waals surface area contributed by atoms with E-state index in [0.29, 0.717) is 18.5 Å². The predicted octanol–water partition coefficient (Wildman–Crippen LogP) is 8.67. The normalized spacial score (nSPS) is 10.2. The lowest BCUT2D eigenvalue weighted by Gasteiger charge is -2.10. The van der Waals surface area contributed by atoms with Crippen LogP contribution < -0.4 is 10.6 Å². The molecular formula is C34H38N2O3. The van der Waals surface area contributed by atoms with Crippen LogP contribution in [0.4, 0.5) is 11.4 Å². The zero-order valence-electron chi connectivity index (χ0n) is 22.8. The van der Waals surface area contributed by atoms with Crippen molar-refractivity contribution < 1.29 is 14.7 Å².